The highest BCUT2D eigenvalue weighted by atomic mass is 32.2. The van der Waals surface area contributed by atoms with Crippen LogP contribution in [0.4, 0.5) is 0 Å². The summed E-state index contributed by atoms with van der Waals surface area (Å²) in [5, 5.41) is 19.7. The Morgan fingerprint density at radius 1 is 1.17 bits per heavy atom. The van der Waals surface area contributed by atoms with Crippen LogP contribution in [0.1, 0.15) is 11.5 Å². The van der Waals surface area contributed by atoms with E-state index >= 15 is 0 Å². The lowest BCUT2D eigenvalue weighted by atomic mass is 9.93. The molecule has 1 heterocycles. The average molecular weight is 328 g/mol. The van der Waals surface area contributed by atoms with E-state index in [4.69, 9.17) is 15.2 Å². The fourth-order valence-corrected chi connectivity index (χ4v) is 4.23. The molecule has 0 amide bonds. The molecule has 0 radical (unpaired) electrons. The first-order chi connectivity index (χ1) is 11.0. The normalized spacial score (nSPS) is 33.3. The molecule has 3 rings (SSSR count). The van der Waals surface area contributed by atoms with E-state index in [1.807, 2.05) is 30.5 Å². The van der Waals surface area contributed by atoms with E-state index in [1.165, 1.54) is 14.2 Å². The van der Waals surface area contributed by atoms with Gasteiger partial charge in [0.15, 0.2) is 5.41 Å². The average Bonchev–Trinajstić information content (AvgIpc) is 3.17. The van der Waals surface area contributed by atoms with Crippen molar-refractivity contribution in [2.24, 2.45) is 21.6 Å². The molecule has 1 aromatic carbocycles. The van der Waals surface area contributed by atoms with Gasteiger partial charge >= 0.3 is 0 Å². The van der Waals surface area contributed by atoms with E-state index in [-0.39, 0.29) is 5.84 Å². The minimum absolute atomic E-state index is 0.0872. The van der Waals surface area contributed by atoms with E-state index in [2.05, 4.69) is 17.1 Å². The number of fused-ring (bicyclic) bond motifs is 1. The van der Waals surface area contributed by atoms with Gasteiger partial charge < -0.3 is 15.2 Å². The maximum absolute atomic E-state index is 9.92. The molecule has 0 aromatic heterocycles. The van der Waals surface area contributed by atoms with Crippen LogP contribution in [-0.2, 0) is 9.47 Å². The van der Waals surface area contributed by atoms with Crippen LogP contribution in [-0.4, -0.2) is 32.2 Å². The monoisotopic (exact) mass is 328 g/mol. The van der Waals surface area contributed by atoms with Gasteiger partial charge in [0, 0.05) is 25.0 Å². The Morgan fingerprint density at radius 3 is 2.22 bits per heavy atom. The predicted octanol–water partition coefficient (Wildman–Crippen LogP) is 1.84. The Bertz CT molecular complexity index is 760. The number of nitriles is 2. The molecule has 1 fully saturated rings. The molecular formula is C16H16N4O2S. The zero-order valence-corrected chi connectivity index (χ0v) is 13.8. The second-order valence-electron chi connectivity index (χ2n) is 5.53. The van der Waals surface area contributed by atoms with Crippen LogP contribution in [0.5, 0.6) is 0 Å². The maximum atomic E-state index is 9.92. The van der Waals surface area contributed by atoms with Crippen LogP contribution < -0.4 is 5.73 Å². The number of aliphatic imine (C=N–C) groups is 1. The lowest BCUT2D eigenvalue weighted by Gasteiger charge is -2.29. The van der Waals surface area contributed by atoms with Crippen molar-refractivity contribution in [1.82, 2.24) is 0 Å². The van der Waals surface area contributed by atoms with Gasteiger partial charge in [-0.05, 0) is 24.0 Å². The van der Waals surface area contributed by atoms with E-state index in [9.17, 15) is 10.5 Å². The zero-order valence-electron chi connectivity index (χ0n) is 13.0. The zero-order chi connectivity index (χ0) is 16.9. The summed E-state index contributed by atoms with van der Waals surface area (Å²) in [6, 6.07) is 12.2. The summed E-state index contributed by atoms with van der Waals surface area (Å²) in [5.74, 6) is -1.92. The van der Waals surface area contributed by atoms with Gasteiger partial charge in [0.1, 0.15) is 11.3 Å². The summed E-state index contributed by atoms with van der Waals surface area (Å²) in [6.45, 7) is 0. The second kappa shape index (κ2) is 4.97. The highest BCUT2D eigenvalue weighted by Crippen LogP contribution is 2.81. The summed E-state index contributed by atoms with van der Waals surface area (Å²) < 4.78 is 10.8. The fourth-order valence-electron chi connectivity index (χ4n) is 3.82. The summed E-state index contributed by atoms with van der Waals surface area (Å²) in [7, 11) is 2.80. The number of hydrogen-bond acceptors (Lipinski definition) is 7. The predicted molar refractivity (Wildman–Crippen MR) is 85.4 cm³/mol. The molecule has 1 saturated carbocycles. The number of nitrogens with two attached hydrogens (primary N) is 1. The number of benzene rings is 1. The SMILES string of the molecule is COC1(OC)N=C(N)[C@@]2(C#N)[C@@H](c3ccc(SC)cc3)[C@@]12C#N. The third-order valence-corrected chi connectivity index (χ3v) is 5.67. The number of methoxy groups -OCH3 is 2. The Balaban J connectivity index is 2.18. The van der Waals surface area contributed by atoms with E-state index in [0.29, 0.717) is 0 Å². The molecule has 0 spiro atoms. The Kier molecular flexibility index (Phi) is 3.42. The van der Waals surface area contributed by atoms with Gasteiger partial charge in [-0.1, -0.05) is 12.1 Å². The minimum atomic E-state index is -1.57. The molecule has 1 aliphatic heterocycles. The topological polar surface area (TPSA) is 104 Å². The molecule has 23 heavy (non-hydrogen) atoms. The van der Waals surface area contributed by atoms with Crippen LogP contribution in [0.15, 0.2) is 34.2 Å². The van der Waals surface area contributed by atoms with Crippen LogP contribution in [0, 0.1) is 33.5 Å². The Morgan fingerprint density at radius 2 is 1.78 bits per heavy atom. The lowest BCUT2D eigenvalue weighted by molar-refractivity contribution is -0.230. The van der Waals surface area contributed by atoms with Crippen molar-refractivity contribution in [2.45, 2.75) is 16.7 Å². The Labute approximate surface area is 138 Å². The molecule has 2 aliphatic rings. The van der Waals surface area contributed by atoms with E-state index < -0.39 is 22.7 Å². The standard InChI is InChI=1S/C16H16N4O2S/c1-21-16(22-2)15(9-18)12(14(15,8-17)13(19)20-16)10-4-6-11(23-3)7-5-10/h4-7,12H,1-3H3,(H2,19,20)/t12-,14-,15-/m1/s1. The number of rotatable bonds is 4. The molecule has 0 saturated heterocycles. The van der Waals surface area contributed by atoms with Crippen LogP contribution in [0.25, 0.3) is 0 Å². The lowest BCUT2D eigenvalue weighted by Crippen LogP contribution is -2.41. The van der Waals surface area contributed by atoms with Crippen LogP contribution in [0.2, 0.25) is 0 Å². The quantitative estimate of drug-likeness (QED) is 0.668. The summed E-state index contributed by atoms with van der Waals surface area (Å²) in [4.78, 5) is 5.28. The van der Waals surface area contributed by atoms with Gasteiger partial charge in [-0.3, -0.25) is 0 Å². The number of amidine groups is 1. The highest BCUT2D eigenvalue weighted by molar-refractivity contribution is 7.98. The summed E-state index contributed by atoms with van der Waals surface area (Å²) in [6.07, 6.45) is 1.99. The molecule has 0 unspecified atom stereocenters. The van der Waals surface area contributed by atoms with Gasteiger partial charge in [-0.15, -0.1) is 11.8 Å². The highest BCUT2D eigenvalue weighted by Gasteiger charge is 2.93. The molecule has 1 aromatic rings. The van der Waals surface area contributed by atoms with Crippen molar-refractivity contribution in [3.05, 3.63) is 29.8 Å². The van der Waals surface area contributed by atoms with Crippen LogP contribution in [0.3, 0.4) is 0 Å². The molecule has 7 heteroatoms. The molecule has 118 valence electrons. The van der Waals surface area contributed by atoms with Gasteiger partial charge in [0.2, 0.25) is 0 Å². The van der Waals surface area contributed by atoms with Gasteiger partial charge in [-0.2, -0.15) is 10.5 Å². The largest absolute Gasteiger partial charge is 0.386 e. The Hall–Kier alpha value is -2.06. The van der Waals surface area contributed by atoms with Crippen molar-refractivity contribution in [3.63, 3.8) is 0 Å². The third kappa shape index (κ3) is 1.52. The van der Waals surface area contributed by atoms with Crippen LogP contribution >= 0.6 is 11.8 Å². The van der Waals surface area contributed by atoms with E-state index in [0.717, 1.165) is 10.5 Å². The van der Waals surface area contributed by atoms with Gasteiger partial charge in [-0.25, -0.2) is 4.99 Å². The second-order valence-corrected chi connectivity index (χ2v) is 6.41. The summed E-state index contributed by atoms with van der Waals surface area (Å²) in [5.41, 5.74) is 4.38. The molecule has 0 bridgehead atoms. The number of thioether (sulfide) groups is 1. The van der Waals surface area contributed by atoms with Crippen molar-refractivity contribution in [2.75, 3.05) is 20.5 Å². The number of ether oxygens (including phenoxy) is 2. The van der Waals surface area contributed by atoms with Crippen molar-refractivity contribution < 1.29 is 9.47 Å². The first kappa shape index (κ1) is 15.8. The first-order valence-corrected chi connectivity index (χ1v) is 8.18. The molecule has 3 atom stereocenters. The molecule has 6 nitrogen and oxygen atoms in total. The summed E-state index contributed by atoms with van der Waals surface area (Å²) >= 11 is 1.62. The molecule has 1 aliphatic carbocycles. The number of hydrogen-bond donors (Lipinski definition) is 1. The van der Waals surface area contributed by atoms with Gasteiger partial charge in [0.05, 0.1) is 12.1 Å². The van der Waals surface area contributed by atoms with Crippen molar-refractivity contribution >= 4 is 17.6 Å². The maximum Gasteiger partial charge on any atom is 0.292 e. The molecular weight excluding hydrogens is 312 g/mol. The van der Waals surface area contributed by atoms with Crippen molar-refractivity contribution in [3.8, 4) is 12.1 Å². The van der Waals surface area contributed by atoms with E-state index in [1.54, 1.807) is 11.8 Å². The number of nitrogens with zero attached hydrogens (tertiary/aromatic N) is 3. The third-order valence-electron chi connectivity index (χ3n) is 4.93. The minimum Gasteiger partial charge on any atom is -0.386 e. The van der Waals surface area contributed by atoms with Crippen molar-refractivity contribution in [1.29, 1.82) is 10.5 Å². The van der Waals surface area contributed by atoms with Gasteiger partial charge in [0.25, 0.3) is 5.91 Å². The first-order valence-electron chi connectivity index (χ1n) is 6.96. The molecule has 2 N–H and O–H groups in total. The smallest absolute Gasteiger partial charge is 0.292 e. The fraction of sp³-hybridized carbons (Fsp3) is 0.438.